The molecule has 6 nitrogen and oxygen atoms in total. The number of aryl methyl sites for hydroxylation is 1. The Bertz CT molecular complexity index is 1360. The molecule has 0 spiro atoms. The SMILES string of the molecule is CCc1ccc(C2NC(=O)N(c3cc(F)cc(F)c3)C(C)=C2c2nc(-c3cccs3)no2)cc1. The minimum absolute atomic E-state index is 0.0581. The van der Waals surface area contributed by atoms with Crippen LogP contribution in [0, 0.1) is 11.6 Å². The van der Waals surface area contributed by atoms with Gasteiger partial charge < -0.3 is 9.84 Å². The molecule has 0 aliphatic carbocycles. The van der Waals surface area contributed by atoms with Crippen LogP contribution in [0.2, 0.25) is 0 Å². The number of hydrogen-bond donors (Lipinski definition) is 1. The van der Waals surface area contributed by atoms with E-state index in [1.165, 1.54) is 16.2 Å². The summed E-state index contributed by atoms with van der Waals surface area (Å²) in [5.41, 5.74) is 3.01. The molecule has 0 saturated heterocycles. The number of rotatable bonds is 5. The van der Waals surface area contributed by atoms with Gasteiger partial charge in [0.15, 0.2) is 0 Å². The molecule has 0 fully saturated rings. The zero-order valence-electron chi connectivity index (χ0n) is 18.4. The summed E-state index contributed by atoms with van der Waals surface area (Å²) in [5.74, 6) is -0.933. The maximum Gasteiger partial charge on any atom is 0.327 e. The number of amides is 2. The van der Waals surface area contributed by atoms with Gasteiger partial charge in [0.05, 0.1) is 22.2 Å². The highest BCUT2D eigenvalue weighted by Crippen LogP contribution is 2.39. The number of benzene rings is 2. The first kappa shape index (κ1) is 22.0. The van der Waals surface area contributed by atoms with Gasteiger partial charge in [-0.05, 0) is 48.1 Å². The Morgan fingerprint density at radius 1 is 1.12 bits per heavy atom. The van der Waals surface area contributed by atoms with Crippen LogP contribution in [0.3, 0.4) is 0 Å². The Morgan fingerprint density at radius 3 is 2.50 bits per heavy atom. The van der Waals surface area contributed by atoms with Crippen LogP contribution in [0.15, 0.2) is 70.2 Å². The second-order valence-electron chi connectivity index (χ2n) is 7.84. The molecule has 0 saturated carbocycles. The van der Waals surface area contributed by atoms with E-state index in [0.29, 0.717) is 17.1 Å². The van der Waals surface area contributed by atoms with E-state index in [2.05, 4.69) is 22.4 Å². The summed E-state index contributed by atoms with van der Waals surface area (Å²) >= 11 is 1.47. The van der Waals surface area contributed by atoms with E-state index in [9.17, 15) is 13.6 Å². The number of carbonyl (C=O) groups excluding carboxylic acids is 1. The van der Waals surface area contributed by atoms with Gasteiger partial charge in [-0.1, -0.05) is 42.4 Å². The minimum atomic E-state index is -0.785. The molecule has 9 heteroatoms. The van der Waals surface area contributed by atoms with Crippen molar-refractivity contribution in [3.05, 3.63) is 94.3 Å². The molecule has 1 atom stereocenters. The van der Waals surface area contributed by atoms with E-state index in [-0.39, 0.29) is 11.6 Å². The van der Waals surface area contributed by atoms with Crippen LogP contribution >= 0.6 is 11.3 Å². The Kier molecular flexibility index (Phi) is 5.70. The zero-order valence-corrected chi connectivity index (χ0v) is 19.2. The minimum Gasteiger partial charge on any atom is -0.334 e. The Morgan fingerprint density at radius 2 is 1.85 bits per heavy atom. The van der Waals surface area contributed by atoms with Crippen LogP contribution in [-0.4, -0.2) is 16.2 Å². The van der Waals surface area contributed by atoms with Crippen LogP contribution in [0.4, 0.5) is 19.3 Å². The highest BCUT2D eigenvalue weighted by Gasteiger charge is 2.36. The second-order valence-corrected chi connectivity index (χ2v) is 8.79. The molecule has 3 heterocycles. The molecular formula is C25H20F2N4O2S. The van der Waals surface area contributed by atoms with Gasteiger partial charge in [0, 0.05) is 11.8 Å². The number of anilines is 1. The van der Waals surface area contributed by atoms with Crippen molar-refractivity contribution in [2.24, 2.45) is 0 Å². The van der Waals surface area contributed by atoms with Gasteiger partial charge in [-0.25, -0.2) is 13.6 Å². The molecule has 1 unspecified atom stereocenters. The standard InChI is InChI=1S/C25H20F2N4O2S/c1-3-15-6-8-16(9-7-15)22-21(24-29-23(30-33-24)20-5-4-10-34-20)14(2)31(25(32)28-22)19-12-17(26)11-18(27)13-19/h4-13,22H,3H2,1-2H3,(H,28,32). The van der Waals surface area contributed by atoms with E-state index < -0.39 is 23.7 Å². The third-order valence-corrected chi connectivity index (χ3v) is 6.58. The molecule has 172 valence electrons. The number of urea groups is 1. The first-order chi connectivity index (χ1) is 16.4. The van der Waals surface area contributed by atoms with Crippen LogP contribution in [0.5, 0.6) is 0 Å². The Labute approximate surface area is 198 Å². The first-order valence-corrected chi connectivity index (χ1v) is 11.6. The number of thiophene rings is 1. The number of allylic oxidation sites excluding steroid dienone is 1. The van der Waals surface area contributed by atoms with Gasteiger partial charge in [-0.3, -0.25) is 4.90 Å². The average Bonchev–Trinajstić information content (AvgIpc) is 3.50. The van der Waals surface area contributed by atoms with E-state index in [1.54, 1.807) is 6.92 Å². The molecule has 1 aliphatic heterocycles. The number of nitrogens with zero attached hydrogens (tertiary/aromatic N) is 3. The van der Waals surface area contributed by atoms with Crippen molar-refractivity contribution in [1.29, 1.82) is 0 Å². The predicted molar refractivity (Wildman–Crippen MR) is 126 cm³/mol. The summed E-state index contributed by atoms with van der Waals surface area (Å²) in [4.78, 5) is 19.8. The van der Waals surface area contributed by atoms with Crippen LogP contribution < -0.4 is 10.2 Å². The Hall–Kier alpha value is -3.85. The fourth-order valence-electron chi connectivity index (χ4n) is 4.03. The smallest absolute Gasteiger partial charge is 0.327 e. The molecule has 0 radical (unpaired) electrons. The van der Waals surface area contributed by atoms with Crippen molar-refractivity contribution < 1.29 is 18.1 Å². The lowest BCUT2D eigenvalue weighted by atomic mass is 9.93. The van der Waals surface area contributed by atoms with E-state index in [4.69, 9.17) is 4.52 Å². The summed E-state index contributed by atoms with van der Waals surface area (Å²) in [6, 6.07) is 13.5. The summed E-state index contributed by atoms with van der Waals surface area (Å²) < 4.78 is 33.6. The molecular weight excluding hydrogens is 458 g/mol. The third kappa shape index (κ3) is 3.99. The monoisotopic (exact) mass is 478 g/mol. The molecule has 1 N–H and O–H groups in total. The van der Waals surface area contributed by atoms with Crippen molar-refractivity contribution >= 4 is 28.6 Å². The molecule has 5 rings (SSSR count). The molecule has 34 heavy (non-hydrogen) atoms. The Balaban J connectivity index is 1.66. The third-order valence-electron chi connectivity index (χ3n) is 5.71. The number of carbonyl (C=O) groups is 1. The van der Waals surface area contributed by atoms with Crippen LogP contribution in [0.25, 0.3) is 16.3 Å². The largest absolute Gasteiger partial charge is 0.334 e. The van der Waals surface area contributed by atoms with E-state index >= 15 is 0 Å². The maximum atomic E-state index is 14.0. The summed E-state index contributed by atoms with van der Waals surface area (Å²) in [5, 5.41) is 8.96. The second kappa shape index (κ2) is 8.83. The summed E-state index contributed by atoms with van der Waals surface area (Å²) in [6.45, 7) is 3.76. The molecule has 2 aromatic carbocycles. The van der Waals surface area contributed by atoms with Crippen molar-refractivity contribution in [3.8, 4) is 10.7 Å². The molecule has 1 aliphatic rings. The fraction of sp³-hybridized carbons (Fsp3) is 0.160. The van der Waals surface area contributed by atoms with Gasteiger partial charge >= 0.3 is 6.03 Å². The quantitative estimate of drug-likeness (QED) is 0.363. The number of hydrogen-bond acceptors (Lipinski definition) is 5. The van der Waals surface area contributed by atoms with Gasteiger partial charge in [0.2, 0.25) is 5.82 Å². The van der Waals surface area contributed by atoms with E-state index in [0.717, 1.165) is 40.6 Å². The van der Waals surface area contributed by atoms with Gasteiger partial charge in [0.1, 0.15) is 11.6 Å². The number of nitrogens with one attached hydrogen (secondary N) is 1. The lowest BCUT2D eigenvalue weighted by Crippen LogP contribution is -2.46. The highest BCUT2D eigenvalue weighted by molar-refractivity contribution is 7.13. The van der Waals surface area contributed by atoms with Gasteiger partial charge in [-0.15, -0.1) is 11.3 Å². The molecule has 2 amide bonds. The lowest BCUT2D eigenvalue weighted by Gasteiger charge is -2.35. The summed E-state index contributed by atoms with van der Waals surface area (Å²) in [7, 11) is 0. The predicted octanol–water partition coefficient (Wildman–Crippen LogP) is 6.34. The van der Waals surface area contributed by atoms with Crippen molar-refractivity contribution in [2.75, 3.05) is 4.90 Å². The topological polar surface area (TPSA) is 71.3 Å². The van der Waals surface area contributed by atoms with Crippen molar-refractivity contribution in [3.63, 3.8) is 0 Å². The average molecular weight is 479 g/mol. The van der Waals surface area contributed by atoms with E-state index in [1.807, 2.05) is 41.8 Å². The number of aromatic nitrogens is 2. The fourth-order valence-corrected chi connectivity index (χ4v) is 4.68. The van der Waals surface area contributed by atoms with Crippen LogP contribution in [-0.2, 0) is 6.42 Å². The molecule has 0 bridgehead atoms. The first-order valence-electron chi connectivity index (χ1n) is 10.7. The molecule has 4 aromatic rings. The lowest BCUT2D eigenvalue weighted by molar-refractivity contribution is 0.244. The maximum absolute atomic E-state index is 14.0. The normalized spacial score (nSPS) is 16.2. The summed E-state index contributed by atoms with van der Waals surface area (Å²) in [6.07, 6.45) is 0.881. The van der Waals surface area contributed by atoms with Gasteiger partial charge in [-0.2, -0.15) is 4.98 Å². The highest BCUT2D eigenvalue weighted by atomic mass is 32.1. The molecule has 2 aromatic heterocycles. The van der Waals surface area contributed by atoms with Crippen LogP contribution in [0.1, 0.15) is 36.9 Å². The zero-order chi connectivity index (χ0) is 23.8. The van der Waals surface area contributed by atoms with Gasteiger partial charge in [0.25, 0.3) is 5.89 Å². The van der Waals surface area contributed by atoms with Crippen molar-refractivity contribution in [1.82, 2.24) is 15.5 Å². The number of halogens is 2. The van der Waals surface area contributed by atoms with Crippen molar-refractivity contribution in [2.45, 2.75) is 26.3 Å².